The standard InChI is InChI=1S/C20H38.C19H36.C18H34O.C18H34.C17H32.C16H30O/c1-3-5-6-8-18-11-15-20(16-12-18)19-13-9-17(7-4-2)10-14-19;1-3-5-7-17-10-14-19(15-11-17)18-12-8-16(6-4-2)9-13-18;1-3-4-5-6-15-7-9-16(10-8-15)17-11-13-18(19-2)14-12-17;1-3-5-15-7-11-17(12-8-15)18-13-9-16(6-4-2)10-14-18;1-3-5-15-8-12-17(13-9-15)16-10-6-14(4-2)7-11-16;1-3-4-13-5-7-14(8-6-13)15-9-11-16(17-2)12-10-15/h17-20H,3-16H2,1-2H3;16-19H,3-15H2,1-2H3;15-18H,3-14H2,1-2H3;15-18H,3-14H2,1-2H3;14-17H,3-13H2,1-2H3;13-16H,3-12H2,1-2H3. The number of unbranched alkanes of at least 4 members (excludes halogenated alkanes) is 5. The molecule has 648 valence electrons. The first kappa shape index (κ1) is 97.0. The maximum Gasteiger partial charge on any atom is 0.0571 e. The second kappa shape index (κ2) is 59.6. The first-order valence-corrected chi connectivity index (χ1v) is 53.0. The molecule has 12 saturated carbocycles. The number of rotatable bonds is 32. The fourth-order valence-corrected chi connectivity index (χ4v) is 27.5. The maximum absolute atomic E-state index is 5.50. The Bertz CT molecular complexity index is 1950. The van der Waals surface area contributed by atoms with Gasteiger partial charge in [-0.3, -0.25) is 0 Å². The minimum atomic E-state index is 0.571. The van der Waals surface area contributed by atoms with E-state index in [0.717, 1.165) is 130 Å². The Morgan fingerprint density at radius 1 is 0.145 bits per heavy atom. The van der Waals surface area contributed by atoms with Crippen molar-refractivity contribution in [3.8, 4) is 0 Å². The van der Waals surface area contributed by atoms with Crippen LogP contribution < -0.4 is 0 Å². The number of ether oxygens (including phenoxy) is 2. The van der Waals surface area contributed by atoms with E-state index in [1.807, 2.05) is 14.2 Å². The van der Waals surface area contributed by atoms with Crippen LogP contribution in [0.15, 0.2) is 0 Å². The number of hydrogen-bond donors (Lipinski definition) is 0. The van der Waals surface area contributed by atoms with Crippen LogP contribution in [0.5, 0.6) is 0 Å². The molecule has 12 rings (SSSR count). The van der Waals surface area contributed by atoms with Gasteiger partial charge in [0.2, 0.25) is 0 Å². The third-order valence-electron chi connectivity index (χ3n) is 35.2. The van der Waals surface area contributed by atoms with E-state index in [9.17, 15) is 0 Å². The molecule has 0 saturated heterocycles. The first-order valence-electron chi connectivity index (χ1n) is 53.0. The summed E-state index contributed by atoms with van der Waals surface area (Å²) in [4.78, 5) is 0. The van der Waals surface area contributed by atoms with E-state index < -0.39 is 0 Å². The van der Waals surface area contributed by atoms with Crippen LogP contribution in [-0.2, 0) is 9.47 Å². The van der Waals surface area contributed by atoms with E-state index in [0.29, 0.717) is 12.2 Å². The number of hydrogen-bond acceptors (Lipinski definition) is 2. The fourth-order valence-electron chi connectivity index (χ4n) is 27.5. The van der Waals surface area contributed by atoms with Crippen LogP contribution in [0.2, 0.25) is 0 Å². The summed E-state index contributed by atoms with van der Waals surface area (Å²) >= 11 is 0. The lowest BCUT2D eigenvalue weighted by molar-refractivity contribution is 0.0391. The van der Waals surface area contributed by atoms with Crippen molar-refractivity contribution in [2.45, 2.75) is 544 Å². The van der Waals surface area contributed by atoms with Crippen LogP contribution >= 0.6 is 0 Å². The molecule has 0 aromatic rings. The predicted octanol–water partition coefficient (Wildman–Crippen LogP) is 36.0. The molecule has 0 atom stereocenters. The van der Waals surface area contributed by atoms with Crippen LogP contribution in [0.4, 0.5) is 0 Å². The van der Waals surface area contributed by atoms with E-state index in [1.165, 1.54) is 270 Å². The average Bonchev–Trinajstić information content (AvgIpc) is 0.888. The van der Waals surface area contributed by atoms with Gasteiger partial charge in [0.15, 0.2) is 0 Å². The smallest absolute Gasteiger partial charge is 0.0571 e. The molecule has 0 heterocycles. The Hall–Kier alpha value is -0.0800. The Labute approximate surface area is 693 Å². The van der Waals surface area contributed by atoms with Crippen LogP contribution in [0, 0.1) is 130 Å². The summed E-state index contributed by atoms with van der Waals surface area (Å²) in [5, 5.41) is 0. The molecule has 0 aliphatic heterocycles. The van der Waals surface area contributed by atoms with Crippen molar-refractivity contribution in [1.29, 1.82) is 0 Å². The molecule has 0 N–H and O–H groups in total. The zero-order valence-electron chi connectivity index (χ0n) is 77.6. The van der Waals surface area contributed by atoms with E-state index in [-0.39, 0.29) is 0 Å². The molecule has 0 radical (unpaired) electrons. The Morgan fingerprint density at radius 3 is 0.436 bits per heavy atom. The van der Waals surface area contributed by atoms with Crippen LogP contribution in [0.25, 0.3) is 0 Å². The van der Waals surface area contributed by atoms with Gasteiger partial charge in [0, 0.05) is 14.2 Å². The van der Waals surface area contributed by atoms with E-state index in [4.69, 9.17) is 9.47 Å². The average molecular weight is 1530 g/mol. The molecule has 110 heavy (non-hydrogen) atoms. The third kappa shape index (κ3) is 37.3. The summed E-state index contributed by atoms with van der Waals surface area (Å²) in [6, 6.07) is 0. The monoisotopic (exact) mass is 1530 g/mol. The highest BCUT2D eigenvalue weighted by atomic mass is 16.5. The zero-order chi connectivity index (χ0) is 78.2. The van der Waals surface area contributed by atoms with Crippen LogP contribution in [0.1, 0.15) is 532 Å². The van der Waals surface area contributed by atoms with Gasteiger partial charge in [-0.25, -0.2) is 0 Å². The molecule has 12 aliphatic carbocycles. The summed E-state index contributed by atoms with van der Waals surface area (Å²) in [7, 11) is 3.76. The van der Waals surface area contributed by atoms with Crippen molar-refractivity contribution in [2.75, 3.05) is 14.2 Å². The van der Waals surface area contributed by atoms with Gasteiger partial charge in [-0.2, -0.15) is 0 Å². The molecule has 0 unspecified atom stereocenters. The summed E-state index contributed by atoms with van der Waals surface area (Å²) in [6.45, 7) is 23.4. The van der Waals surface area contributed by atoms with Gasteiger partial charge in [0.05, 0.1) is 12.2 Å². The zero-order valence-corrected chi connectivity index (χ0v) is 77.6. The molecule has 0 aromatic heterocycles. The van der Waals surface area contributed by atoms with Gasteiger partial charge in [-0.1, -0.05) is 352 Å². The SMILES string of the molecule is CCCC1CCC(C2CCC(CC)CC2)CC1.CCCC1CCC(C2CCC(CCC)CC2)CC1.CCCC1CCC(C2CCC(OC)CC2)CC1.CCCCC1CCC(C2CCC(CCC)CC2)CC1.CCCCCC1CCC(C2CCC(CCC)CC2)CC1.CCCCCC1CCC(C2CCC(OC)CC2)CC1. The van der Waals surface area contributed by atoms with E-state index in [2.05, 4.69) is 69.2 Å². The summed E-state index contributed by atoms with van der Waals surface area (Å²) in [6.07, 6.45) is 109. The van der Waals surface area contributed by atoms with Crippen molar-refractivity contribution in [1.82, 2.24) is 0 Å². The van der Waals surface area contributed by atoms with Crippen LogP contribution in [-0.4, -0.2) is 26.4 Å². The lowest BCUT2D eigenvalue weighted by atomic mass is 9.68. The second-order valence-corrected chi connectivity index (χ2v) is 42.6. The molecule has 2 nitrogen and oxygen atoms in total. The molecule has 0 spiro atoms. The van der Waals surface area contributed by atoms with Gasteiger partial charge in [0.25, 0.3) is 0 Å². The predicted molar refractivity (Wildman–Crippen MR) is 488 cm³/mol. The maximum atomic E-state index is 5.50. The van der Waals surface area contributed by atoms with Crippen molar-refractivity contribution in [2.24, 2.45) is 130 Å². The Balaban J connectivity index is 0.000000184. The van der Waals surface area contributed by atoms with Gasteiger partial charge in [-0.05, 0) is 310 Å². The molecule has 2 heteroatoms. The highest BCUT2D eigenvalue weighted by Crippen LogP contribution is 2.49. The van der Waals surface area contributed by atoms with E-state index in [1.54, 1.807) is 193 Å². The van der Waals surface area contributed by atoms with Crippen molar-refractivity contribution >= 4 is 0 Å². The normalized spacial score (nSPS) is 37.2. The lowest BCUT2D eigenvalue weighted by Crippen LogP contribution is -2.28. The fraction of sp³-hybridized carbons (Fsp3) is 1.00. The molecule has 12 aliphatic rings. The Kier molecular flexibility index (Phi) is 52.6. The lowest BCUT2D eigenvalue weighted by Gasteiger charge is -2.38. The van der Waals surface area contributed by atoms with Gasteiger partial charge in [0.1, 0.15) is 0 Å². The highest BCUT2D eigenvalue weighted by Gasteiger charge is 2.37. The third-order valence-corrected chi connectivity index (χ3v) is 35.2. The largest absolute Gasteiger partial charge is 0.381 e. The van der Waals surface area contributed by atoms with Crippen molar-refractivity contribution in [3.05, 3.63) is 0 Å². The van der Waals surface area contributed by atoms with Gasteiger partial charge < -0.3 is 9.47 Å². The summed E-state index contributed by atoms with van der Waals surface area (Å²) < 4.78 is 11.0. The molecule has 0 aromatic carbocycles. The molecule has 12 fully saturated rings. The van der Waals surface area contributed by atoms with E-state index >= 15 is 0 Å². The van der Waals surface area contributed by atoms with Crippen molar-refractivity contribution < 1.29 is 9.47 Å². The highest BCUT2D eigenvalue weighted by molar-refractivity contribution is 4.89. The summed E-state index contributed by atoms with van der Waals surface area (Å²) in [5.74, 6) is 23.9. The first-order chi connectivity index (χ1) is 54.0. The Morgan fingerprint density at radius 2 is 0.291 bits per heavy atom. The molecular weight excluding hydrogens is 1330 g/mol. The minimum Gasteiger partial charge on any atom is -0.381 e. The van der Waals surface area contributed by atoms with Gasteiger partial charge >= 0.3 is 0 Å². The quantitative estimate of drug-likeness (QED) is 0.0625. The topological polar surface area (TPSA) is 18.5 Å². The minimum absolute atomic E-state index is 0.571. The summed E-state index contributed by atoms with van der Waals surface area (Å²) in [5.41, 5.74) is 0. The number of methoxy groups -OCH3 is 2. The second-order valence-electron chi connectivity index (χ2n) is 42.6. The van der Waals surface area contributed by atoms with Crippen LogP contribution in [0.3, 0.4) is 0 Å². The molecule has 0 amide bonds. The van der Waals surface area contributed by atoms with Gasteiger partial charge in [-0.15, -0.1) is 0 Å². The molecule has 0 bridgehead atoms. The van der Waals surface area contributed by atoms with Crippen molar-refractivity contribution in [3.63, 3.8) is 0 Å². The molecular formula is C108H204O2.